The van der Waals surface area contributed by atoms with Gasteiger partial charge in [0.25, 0.3) is 0 Å². The average molecular weight is 268 g/mol. The van der Waals surface area contributed by atoms with Crippen molar-refractivity contribution in [3.63, 3.8) is 0 Å². The van der Waals surface area contributed by atoms with Crippen LogP contribution in [-0.2, 0) is 9.53 Å². The molecule has 0 aliphatic rings. The van der Waals surface area contributed by atoms with Gasteiger partial charge in [-0.1, -0.05) is 65.4 Å². The Morgan fingerprint density at radius 3 is 2.16 bits per heavy atom. The number of hydrogen-bond acceptors (Lipinski definition) is 2. The van der Waals surface area contributed by atoms with Crippen LogP contribution in [0.15, 0.2) is 11.6 Å². The van der Waals surface area contributed by atoms with Gasteiger partial charge in [-0.05, 0) is 25.7 Å². The van der Waals surface area contributed by atoms with Crippen LogP contribution in [0.2, 0.25) is 0 Å². The van der Waals surface area contributed by atoms with E-state index in [1.165, 1.54) is 32.1 Å². The van der Waals surface area contributed by atoms with Crippen LogP contribution in [-0.4, -0.2) is 12.6 Å². The number of esters is 1. The third kappa shape index (κ3) is 10.8. The molecule has 0 N–H and O–H groups in total. The first-order valence-corrected chi connectivity index (χ1v) is 8.12. The zero-order valence-electron chi connectivity index (χ0n) is 13.2. The minimum Gasteiger partial charge on any atom is -0.462 e. The van der Waals surface area contributed by atoms with Gasteiger partial charge in [0, 0.05) is 5.57 Å². The number of carbonyl (C=O) groups is 1. The zero-order chi connectivity index (χ0) is 14.3. The Bertz CT molecular complexity index is 244. The van der Waals surface area contributed by atoms with E-state index in [1.54, 1.807) is 0 Å². The lowest BCUT2D eigenvalue weighted by molar-refractivity contribution is -0.139. The van der Waals surface area contributed by atoms with Crippen LogP contribution in [0.5, 0.6) is 0 Å². The summed E-state index contributed by atoms with van der Waals surface area (Å²) in [6.45, 7) is 6.97. The molecule has 0 spiro atoms. The maximum Gasteiger partial charge on any atom is 0.333 e. The fraction of sp³-hybridized carbons (Fsp3) is 0.824. The molecule has 0 atom stereocenters. The molecule has 0 saturated carbocycles. The van der Waals surface area contributed by atoms with E-state index in [0.29, 0.717) is 6.61 Å². The van der Waals surface area contributed by atoms with Gasteiger partial charge >= 0.3 is 5.97 Å². The van der Waals surface area contributed by atoms with Gasteiger partial charge in [-0.25, -0.2) is 4.79 Å². The lowest BCUT2D eigenvalue weighted by atomic mass is 10.0. The number of unbranched alkanes of at least 4 members (excludes halogenated alkanes) is 6. The third-order valence-corrected chi connectivity index (χ3v) is 3.24. The molecule has 2 nitrogen and oxygen atoms in total. The Kier molecular flexibility index (Phi) is 13.1. The fourth-order valence-corrected chi connectivity index (χ4v) is 2.03. The van der Waals surface area contributed by atoms with Crippen molar-refractivity contribution >= 4 is 5.97 Å². The molecule has 0 radical (unpaired) electrons. The molecular weight excluding hydrogens is 236 g/mol. The molecule has 0 fully saturated rings. The Morgan fingerprint density at radius 2 is 1.53 bits per heavy atom. The highest BCUT2D eigenvalue weighted by Crippen LogP contribution is 2.14. The summed E-state index contributed by atoms with van der Waals surface area (Å²) in [6, 6.07) is 0. The first-order chi connectivity index (χ1) is 9.26. The summed E-state index contributed by atoms with van der Waals surface area (Å²) >= 11 is 0. The highest BCUT2D eigenvalue weighted by atomic mass is 16.5. The van der Waals surface area contributed by atoms with E-state index >= 15 is 0 Å². The Labute approximate surface area is 119 Å². The Balaban J connectivity index is 3.85. The Hall–Kier alpha value is -0.790. The van der Waals surface area contributed by atoms with Crippen molar-refractivity contribution in [2.45, 2.75) is 85.0 Å². The van der Waals surface area contributed by atoms with Crippen LogP contribution in [0.3, 0.4) is 0 Å². The second-order valence-corrected chi connectivity index (χ2v) is 5.14. The molecule has 0 unspecified atom stereocenters. The SMILES string of the molecule is CCC=C(CCCCCCCC)C(=O)OCCCC. The smallest absolute Gasteiger partial charge is 0.333 e. The predicted octanol–water partition coefficient (Wildman–Crippen LogP) is 5.42. The van der Waals surface area contributed by atoms with E-state index < -0.39 is 0 Å². The maximum atomic E-state index is 11.9. The van der Waals surface area contributed by atoms with Crippen molar-refractivity contribution in [2.24, 2.45) is 0 Å². The van der Waals surface area contributed by atoms with Crippen LogP contribution in [0.4, 0.5) is 0 Å². The molecule has 0 aromatic heterocycles. The predicted molar refractivity (Wildman–Crippen MR) is 82.2 cm³/mol. The highest BCUT2D eigenvalue weighted by molar-refractivity contribution is 5.88. The van der Waals surface area contributed by atoms with Crippen molar-refractivity contribution in [3.05, 3.63) is 11.6 Å². The van der Waals surface area contributed by atoms with Gasteiger partial charge in [0.2, 0.25) is 0 Å². The van der Waals surface area contributed by atoms with E-state index in [0.717, 1.165) is 37.7 Å². The molecular formula is C17H32O2. The second-order valence-electron chi connectivity index (χ2n) is 5.14. The van der Waals surface area contributed by atoms with Crippen LogP contribution in [0.1, 0.15) is 85.0 Å². The normalized spacial score (nSPS) is 11.6. The summed E-state index contributed by atoms with van der Waals surface area (Å²) in [5, 5.41) is 0. The summed E-state index contributed by atoms with van der Waals surface area (Å²) < 4.78 is 5.29. The fourth-order valence-electron chi connectivity index (χ4n) is 2.03. The molecule has 112 valence electrons. The molecule has 19 heavy (non-hydrogen) atoms. The highest BCUT2D eigenvalue weighted by Gasteiger charge is 2.09. The molecule has 0 heterocycles. The van der Waals surface area contributed by atoms with Crippen molar-refractivity contribution in [2.75, 3.05) is 6.61 Å². The summed E-state index contributed by atoms with van der Waals surface area (Å²) in [7, 11) is 0. The zero-order valence-corrected chi connectivity index (χ0v) is 13.2. The Morgan fingerprint density at radius 1 is 0.895 bits per heavy atom. The summed E-state index contributed by atoms with van der Waals surface area (Å²) in [4.78, 5) is 11.9. The molecule has 2 heteroatoms. The molecule has 0 bridgehead atoms. The van der Waals surface area contributed by atoms with Crippen molar-refractivity contribution in [3.8, 4) is 0 Å². The summed E-state index contributed by atoms with van der Waals surface area (Å²) in [6.07, 6.45) is 13.4. The minimum absolute atomic E-state index is 0.0936. The lowest BCUT2D eigenvalue weighted by Gasteiger charge is -2.08. The van der Waals surface area contributed by atoms with Crippen molar-refractivity contribution < 1.29 is 9.53 Å². The van der Waals surface area contributed by atoms with Gasteiger partial charge in [-0.3, -0.25) is 0 Å². The van der Waals surface area contributed by atoms with Gasteiger partial charge in [-0.15, -0.1) is 0 Å². The molecule has 0 aromatic rings. The van der Waals surface area contributed by atoms with Crippen molar-refractivity contribution in [1.29, 1.82) is 0 Å². The van der Waals surface area contributed by atoms with E-state index in [9.17, 15) is 4.79 Å². The van der Waals surface area contributed by atoms with Crippen LogP contribution in [0, 0.1) is 0 Å². The van der Waals surface area contributed by atoms with Gasteiger partial charge in [-0.2, -0.15) is 0 Å². The molecule has 0 amide bonds. The van der Waals surface area contributed by atoms with E-state index in [2.05, 4.69) is 20.8 Å². The number of carbonyl (C=O) groups excluding carboxylic acids is 1. The monoisotopic (exact) mass is 268 g/mol. The van der Waals surface area contributed by atoms with Gasteiger partial charge < -0.3 is 4.74 Å². The van der Waals surface area contributed by atoms with E-state index in [4.69, 9.17) is 4.74 Å². The largest absolute Gasteiger partial charge is 0.462 e. The van der Waals surface area contributed by atoms with Crippen molar-refractivity contribution in [1.82, 2.24) is 0 Å². The number of allylic oxidation sites excluding steroid dienone is 1. The van der Waals surface area contributed by atoms with Crippen LogP contribution < -0.4 is 0 Å². The quantitative estimate of drug-likeness (QED) is 0.268. The lowest BCUT2D eigenvalue weighted by Crippen LogP contribution is -2.09. The summed E-state index contributed by atoms with van der Waals surface area (Å²) in [5.74, 6) is -0.0936. The third-order valence-electron chi connectivity index (χ3n) is 3.24. The minimum atomic E-state index is -0.0936. The topological polar surface area (TPSA) is 26.3 Å². The number of ether oxygens (including phenoxy) is 1. The van der Waals surface area contributed by atoms with Crippen LogP contribution in [0.25, 0.3) is 0 Å². The number of hydrogen-bond donors (Lipinski definition) is 0. The first kappa shape index (κ1) is 18.2. The maximum absolute atomic E-state index is 11.9. The van der Waals surface area contributed by atoms with E-state index in [1.807, 2.05) is 6.08 Å². The second kappa shape index (κ2) is 13.6. The number of rotatable bonds is 12. The van der Waals surface area contributed by atoms with Gasteiger partial charge in [0.15, 0.2) is 0 Å². The molecule has 0 aromatic carbocycles. The van der Waals surface area contributed by atoms with Crippen LogP contribution >= 0.6 is 0 Å². The standard InChI is InChI=1S/C17H32O2/c1-4-7-9-10-11-12-14-16(13-6-3)17(18)19-15-8-5-2/h13H,4-12,14-15H2,1-3H3. The molecule has 0 saturated heterocycles. The summed E-state index contributed by atoms with van der Waals surface area (Å²) in [5.41, 5.74) is 0.883. The van der Waals surface area contributed by atoms with Gasteiger partial charge in [0.1, 0.15) is 0 Å². The molecule has 0 aliphatic heterocycles. The molecule has 0 rings (SSSR count). The average Bonchev–Trinajstić information content (AvgIpc) is 2.41. The van der Waals surface area contributed by atoms with E-state index in [-0.39, 0.29) is 5.97 Å². The molecule has 0 aliphatic carbocycles. The van der Waals surface area contributed by atoms with Gasteiger partial charge in [0.05, 0.1) is 6.61 Å². The first-order valence-electron chi connectivity index (χ1n) is 8.12.